The van der Waals surface area contributed by atoms with Crippen molar-refractivity contribution in [1.82, 2.24) is 15.4 Å². The van der Waals surface area contributed by atoms with Crippen LogP contribution in [0, 0.1) is 0 Å². The Bertz CT molecular complexity index is 170. The summed E-state index contributed by atoms with van der Waals surface area (Å²) < 4.78 is 0. The van der Waals surface area contributed by atoms with E-state index < -0.39 is 0 Å². The molecule has 10 heavy (non-hydrogen) atoms. The van der Waals surface area contributed by atoms with Gasteiger partial charge in [0.15, 0.2) is 5.82 Å². The molecule has 0 unspecified atom stereocenters. The van der Waals surface area contributed by atoms with E-state index in [1.54, 1.807) is 6.20 Å². The number of aromatic nitrogens is 3. The zero-order valence-corrected chi connectivity index (χ0v) is 6.33. The van der Waals surface area contributed by atoms with Gasteiger partial charge in [-0.15, -0.1) is 5.10 Å². The first kappa shape index (κ1) is 7.05. The van der Waals surface area contributed by atoms with Crippen LogP contribution in [0.2, 0.25) is 0 Å². The molecule has 0 atom stereocenters. The van der Waals surface area contributed by atoms with Crippen molar-refractivity contribution in [3.8, 4) is 0 Å². The standard InChI is InChI=1S/C6H12N4/c1-3-4-10(2)6-5-7-9-8-6/h5H,3-4H2,1-2H3,(H,7,8,9). The third-order valence-electron chi connectivity index (χ3n) is 1.35. The molecular weight excluding hydrogens is 128 g/mol. The summed E-state index contributed by atoms with van der Waals surface area (Å²) in [5.41, 5.74) is 0. The molecule has 0 amide bonds. The van der Waals surface area contributed by atoms with E-state index in [9.17, 15) is 0 Å². The number of nitrogens with zero attached hydrogens (tertiary/aromatic N) is 3. The highest BCUT2D eigenvalue weighted by atomic mass is 15.4. The zero-order chi connectivity index (χ0) is 7.40. The fourth-order valence-electron chi connectivity index (χ4n) is 0.829. The average molecular weight is 140 g/mol. The van der Waals surface area contributed by atoms with Crippen LogP contribution in [0.1, 0.15) is 13.3 Å². The molecule has 0 saturated carbocycles. The number of H-pyrrole nitrogens is 1. The van der Waals surface area contributed by atoms with Gasteiger partial charge in [-0.2, -0.15) is 10.3 Å². The first-order valence-electron chi connectivity index (χ1n) is 3.41. The van der Waals surface area contributed by atoms with Crippen LogP contribution in [0.15, 0.2) is 6.20 Å². The number of hydrogen-bond acceptors (Lipinski definition) is 3. The second-order valence-corrected chi connectivity index (χ2v) is 2.25. The van der Waals surface area contributed by atoms with Crippen molar-refractivity contribution >= 4 is 5.82 Å². The van der Waals surface area contributed by atoms with Crippen LogP contribution in [0.5, 0.6) is 0 Å². The van der Waals surface area contributed by atoms with Crippen LogP contribution in [-0.4, -0.2) is 29.0 Å². The molecule has 4 nitrogen and oxygen atoms in total. The third-order valence-corrected chi connectivity index (χ3v) is 1.35. The maximum Gasteiger partial charge on any atom is 0.170 e. The molecular formula is C6H12N4. The molecule has 0 aliphatic carbocycles. The van der Waals surface area contributed by atoms with E-state index in [1.165, 1.54) is 0 Å². The molecule has 56 valence electrons. The van der Waals surface area contributed by atoms with Gasteiger partial charge in [0.2, 0.25) is 0 Å². The van der Waals surface area contributed by atoms with Crippen LogP contribution in [0.3, 0.4) is 0 Å². The lowest BCUT2D eigenvalue weighted by Crippen LogP contribution is -2.17. The largest absolute Gasteiger partial charge is 0.357 e. The Kier molecular flexibility index (Phi) is 2.25. The lowest BCUT2D eigenvalue weighted by molar-refractivity contribution is 0.829. The first-order chi connectivity index (χ1) is 4.84. The highest BCUT2D eigenvalue weighted by molar-refractivity contribution is 5.31. The predicted molar refractivity (Wildman–Crippen MR) is 39.9 cm³/mol. The second-order valence-electron chi connectivity index (χ2n) is 2.25. The number of hydrogen-bond donors (Lipinski definition) is 1. The molecule has 0 aliphatic heterocycles. The molecule has 0 fully saturated rings. The fraction of sp³-hybridized carbons (Fsp3) is 0.667. The molecule has 0 saturated heterocycles. The third kappa shape index (κ3) is 1.46. The van der Waals surface area contributed by atoms with E-state index in [1.807, 2.05) is 7.05 Å². The predicted octanol–water partition coefficient (Wildman–Crippen LogP) is 0.651. The van der Waals surface area contributed by atoms with E-state index in [-0.39, 0.29) is 0 Å². The summed E-state index contributed by atoms with van der Waals surface area (Å²) in [6.45, 7) is 3.16. The van der Waals surface area contributed by atoms with Gasteiger partial charge < -0.3 is 4.90 Å². The fourth-order valence-corrected chi connectivity index (χ4v) is 0.829. The Morgan fingerprint density at radius 2 is 2.50 bits per heavy atom. The number of aromatic amines is 1. The maximum absolute atomic E-state index is 3.92. The summed E-state index contributed by atoms with van der Waals surface area (Å²) in [5, 5.41) is 10.2. The Morgan fingerprint density at radius 3 is 3.00 bits per heavy atom. The Morgan fingerprint density at radius 1 is 1.70 bits per heavy atom. The molecule has 1 N–H and O–H groups in total. The number of rotatable bonds is 3. The monoisotopic (exact) mass is 140 g/mol. The normalized spacial score (nSPS) is 9.80. The van der Waals surface area contributed by atoms with Gasteiger partial charge in [0.25, 0.3) is 0 Å². The molecule has 0 spiro atoms. The summed E-state index contributed by atoms with van der Waals surface area (Å²) in [5.74, 6) is 0.904. The van der Waals surface area contributed by atoms with Crippen molar-refractivity contribution < 1.29 is 0 Å². The van der Waals surface area contributed by atoms with Crippen molar-refractivity contribution in [2.24, 2.45) is 0 Å². The zero-order valence-electron chi connectivity index (χ0n) is 6.33. The van der Waals surface area contributed by atoms with Gasteiger partial charge in [0.1, 0.15) is 0 Å². The minimum atomic E-state index is 0.904. The Labute approximate surface area is 60.2 Å². The van der Waals surface area contributed by atoms with E-state index in [2.05, 4.69) is 27.2 Å². The molecule has 1 aromatic heterocycles. The lowest BCUT2D eigenvalue weighted by Gasteiger charge is -2.12. The van der Waals surface area contributed by atoms with E-state index in [0.717, 1.165) is 18.8 Å². The van der Waals surface area contributed by atoms with Gasteiger partial charge in [-0.05, 0) is 6.42 Å². The van der Waals surface area contributed by atoms with Gasteiger partial charge in [0.05, 0.1) is 6.20 Å². The maximum atomic E-state index is 3.92. The molecule has 0 radical (unpaired) electrons. The number of nitrogens with one attached hydrogen (secondary N) is 1. The SMILES string of the molecule is CCCN(C)c1cn[nH]n1. The Balaban J connectivity index is 2.50. The molecule has 1 rings (SSSR count). The summed E-state index contributed by atoms with van der Waals surface area (Å²) in [7, 11) is 2.00. The summed E-state index contributed by atoms with van der Waals surface area (Å²) >= 11 is 0. The summed E-state index contributed by atoms with van der Waals surface area (Å²) in [6, 6.07) is 0. The topological polar surface area (TPSA) is 44.8 Å². The van der Waals surface area contributed by atoms with Gasteiger partial charge in [-0.3, -0.25) is 0 Å². The molecule has 0 aliphatic rings. The van der Waals surface area contributed by atoms with E-state index in [4.69, 9.17) is 0 Å². The van der Waals surface area contributed by atoms with Gasteiger partial charge >= 0.3 is 0 Å². The molecule has 1 aromatic rings. The molecule has 0 bridgehead atoms. The first-order valence-corrected chi connectivity index (χ1v) is 3.41. The summed E-state index contributed by atoms with van der Waals surface area (Å²) in [4.78, 5) is 2.06. The highest BCUT2D eigenvalue weighted by Crippen LogP contribution is 2.03. The number of anilines is 1. The minimum Gasteiger partial charge on any atom is -0.357 e. The Hall–Kier alpha value is -1.06. The van der Waals surface area contributed by atoms with Crippen molar-refractivity contribution in [2.75, 3.05) is 18.5 Å². The molecule has 0 aromatic carbocycles. The van der Waals surface area contributed by atoms with Crippen molar-refractivity contribution in [1.29, 1.82) is 0 Å². The van der Waals surface area contributed by atoms with Crippen LogP contribution < -0.4 is 4.90 Å². The van der Waals surface area contributed by atoms with Crippen LogP contribution >= 0.6 is 0 Å². The quantitative estimate of drug-likeness (QED) is 0.670. The van der Waals surface area contributed by atoms with Crippen molar-refractivity contribution in [3.63, 3.8) is 0 Å². The molecule has 4 heteroatoms. The van der Waals surface area contributed by atoms with Crippen LogP contribution in [0.4, 0.5) is 5.82 Å². The average Bonchev–Trinajstić information content (AvgIpc) is 2.38. The van der Waals surface area contributed by atoms with Crippen molar-refractivity contribution in [2.45, 2.75) is 13.3 Å². The highest BCUT2D eigenvalue weighted by Gasteiger charge is 1.99. The van der Waals surface area contributed by atoms with Gasteiger partial charge in [-0.1, -0.05) is 6.92 Å². The summed E-state index contributed by atoms with van der Waals surface area (Å²) in [6.07, 6.45) is 2.85. The lowest BCUT2D eigenvalue weighted by atomic mass is 10.4. The van der Waals surface area contributed by atoms with Gasteiger partial charge in [-0.25, -0.2) is 0 Å². The van der Waals surface area contributed by atoms with Crippen LogP contribution in [-0.2, 0) is 0 Å². The van der Waals surface area contributed by atoms with E-state index >= 15 is 0 Å². The smallest absolute Gasteiger partial charge is 0.170 e. The van der Waals surface area contributed by atoms with Crippen molar-refractivity contribution in [3.05, 3.63) is 6.20 Å². The second kappa shape index (κ2) is 3.20. The van der Waals surface area contributed by atoms with Crippen LogP contribution in [0.25, 0.3) is 0 Å². The molecule has 1 heterocycles. The minimum absolute atomic E-state index is 0.904. The van der Waals surface area contributed by atoms with Gasteiger partial charge in [0, 0.05) is 13.6 Å². The van der Waals surface area contributed by atoms with E-state index in [0.29, 0.717) is 0 Å².